The van der Waals surface area contributed by atoms with Crippen LogP contribution in [0.2, 0.25) is 0 Å². The van der Waals surface area contributed by atoms with Gasteiger partial charge in [-0.3, -0.25) is 9.59 Å². The molecule has 0 bridgehead atoms. The third-order valence-electron chi connectivity index (χ3n) is 1.96. The minimum Gasteiger partial charge on any atom is -0.480 e. The Morgan fingerprint density at radius 3 is 2.44 bits per heavy atom. The van der Waals surface area contributed by atoms with E-state index in [1.807, 2.05) is 6.92 Å². The summed E-state index contributed by atoms with van der Waals surface area (Å²) in [6.07, 6.45) is 0. The molecule has 8 nitrogen and oxygen atoms in total. The molecule has 0 aliphatic heterocycles. The van der Waals surface area contributed by atoms with Gasteiger partial charge in [0.25, 0.3) is 0 Å². The lowest BCUT2D eigenvalue weighted by Gasteiger charge is -2.17. The van der Waals surface area contributed by atoms with Crippen LogP contribution < -0.4 is 10.6 Å². The van der Waals surface area contributed by atoms with Crippen LogP contribution in [0.4, 0.5) is 4.79 Å². The molecular weight excluding hydrogens is 242 g/mol. The Morgan fingerprint density at radius 2 is 1.89 bits per heavy atom. The van der Waals surface area contributed by atoms with Crippen molar-refractivity contribution >= 4 is 17.9 Å². The molecule has 0 aliphatic rings. The number of nitrogens with one attached hydrogen (secondary N) is 2. The van der Waals surface area contributed by atoms with Gasteiger partial charge in [-0.1, -0.05) is 0 Å². The zero-order chi connectivity index (χ0) is 14.0. The number of hydrogen-bond donors (Lipinski definition) is 3. The predicted molar refractivity (Wildman–Crippen MR) is 63.2 cm³/mol. The largest absolute Gasteiger partial charge is 0.480 e. The average Bonchev–Trinajstić information content (AvgIpc) is 2.33. The summed E-state index contributed by atoms with van der Waals surface area (Å²) in [6.45, 7) is 2.54. The highest BCUT2D eigenvalue weighted by Crippen LogP contribution is 1.85. The van der Waals surface area contributed by atoms with Crippen molar-refractivity contribution in [3.05, 3.63) is 0 Å². The highest BCUT2D eigenvalue weighted by atomic mass is 16.5. The molecule has 104 valence electrons. The molecule has 0 aromatic rings. The van der Waals surface area contributed by atoms with Crippen molar-refractivity contribution in [3.8, 4) is 0 Å². The number of carbonyl (C=O) groups is 3. The van der Waals surface area contributed by atoms with Crippen molar-refractivity contribution in [2.24, 2.45) is 0 Å². The first-order valence-corrected chi connectivity index (χ1v) is 5.52. The Bertz CT molecular complexity index is 295. The van der Waals surface area contributed by atoms with Crippen LogP contribution in [0.25, 0.3) is 0 Å². The topological polar surface area (TPSA) is 108 Å². The molecule has 0 fully saturated rings. The molecule has 0 aromatic heterocycles. The van der Waals surface area contributed by atoms with E-state index in [-0.39, 0.29) is 6.54 Å². The van der Waals surface area contributed by atoms with Gasteiger partial charge in [-0.25, -0.2) is 4.79 Å². The smallest absolute Gasteiger partial charge is 0.322 e. The lowest BCUT2D eigenvalue weighted by Crippen LogP contribution is -2.44. The summed E-state index contributed by atoms with van der Waals surface area (Å²) in [5.41, 5.74) is 0. The zero-order valence-electron chi connectivity index (χ0n) is 10.6. The maximum atomic E-state index is 11.4. The number of hydrogen-bond acceptors (Lipinski definition) is 4. The molecule has 0 radical (unpaired) electrons. The van der Waals surface area contributed by atoms with Gasteiger partial charge in [0.1, 0.15) is 6.54 Å². The van der Waals surface area contributed by atoms with Gasteiger partial charge in [-0.2, -0.15) is 0 Å². The molecule has 0 atom stereocenters. The fraction of sp³-hybridized carbons (Fsp3) is 0.700. The second-order valence-corrected chi connectivity index (χ2v) is 3.45. The second-order valence-electron chi connectivity index (χ2n) is 3.45. The Hall–Kier alpha value is -1.83. The molecule has 3 N–H and O–H groups in total. The van der Waals surface area contributed by atoms with E-state index in [4.69, 9.17) is 9.84 Å². The second kappa shape index (κ2) is 9.23. The summed E-state index contributed by atoms with van der Waals surface area (Å²) in [7, 11) is 1.57. The number of urea groups is 1. The highest BCUT2D eigenvalue weighted by Gasteiger charge is 2.10. The number of amides is 3. The Balaban J connectivity index is 3.74. The van der Waals surface area contributed by atoms with Crippen LogP contribution >= 0.6 is 0 Å². The standard InChI is InChI=1S/C10H19N3O5/c1-3-18-5-4-13(2)10(17)12-6-8(14)11-7-9(15)16/h3-7H2,1-2H3,(H,11,14)(H,12,17)(H,15,16). The highest BCUT2D eigenvalue weighted by molar-refractivity contribution is 5.86. The van der Waals surface area contributed by atoms with Crippen LogP contribution in [0.1, 0.15) is 6.92 Å². The lowest BCUT2D eigenvalue weighted by atomic mass is 10.5. The van der Waals surface area contributed by atoms with E-state index >= 15 is 0 Å². The van der Waals surface area contributed by atoms with E-state index in [0.29, 0.717) is 19.8 Å². The molecule has 0 rings (SSSR count). The fourth-order valence-corrected chi connectivity index (χ4v) is 0.975. The van der Waals surface area contributed by atoms with Crippen LogP contribution in [0.5, 0.6) is 0 Å². The first-order chi connectivity index (χ1) is 8.47. The number of ether oxygens (including phenoxy) is 1. The van der Waals surface area contributed by atoms with Crippen LogP contribution in [-0.2, 0) is 14.3 Å². The van der Waals surface area contributed by atoms with E-state index in [0.717, 1.165) is 0 Å². The Morgan fingerprint density at radius 1 is 1.22 bits per heavy atom. The van der Waals surface area contributed by atoms with Crippen LogP contribution in [0.15, 0.2) is 0 Å². The fourth-order valence-electron chi connectivity index (χ4n) is 0.975. The van der Waals surface area contributed by atoms with Crippen molar-refractivity contribution in [2.45, 2.75) is 6.92 Å². The van der Waals surface area contributed by atoms with E-state index < -0.39 is 24.5 Å². The predicted octanol–water partition coefficient (Wildman–Crippen LogP) is -1.13. The first kappa shape index (κ1) is 16.2. The van der Waals surface area contributed by atoms with Crippen LogP contribution in [0, 0.1) is 0 Å². The molecule has 8 heteroatoms. The van der Waals surface area contributed by atoms with E-state index in [1.165, 1.54) is 4.90 Å². The minimum atomic E-state index is -1.14. The van der Waals surface area contributed by atoms with Gasteiger partial charge in [-0.05, 0) is 6.92 Å². The van der Waals surface area contributed by atoms with Gasteiger partial charge >= 0.3 is 12.0 Å². The Labute approximate surface area is 105 Å². The third kappa shape index (κ3) is 8.34. The van der Waals surface area contributed by atoms with E-state index in [2.05, 4.69) is 10.6 Å². The van der Waals surface area contributed by atoms with Gasteiger partial charge < -0.3 is 25.4 Å². The SMILES string of the molecule is CCOCCN(C)C(=O)NCC(=O)NCC(=O)O. The summed E-state index contributed by atoms with van der Waals surface area (Å²) in [6, 6.07) is -0.417. The van der Waals surface area contributed by atoms with Crippen LogP contribution in [0.3, 0.4) is 0 Å². The summed E-state index contributed by atoms with van der Waals surface area (Å²) < 4.78 is 5.08. The van der Waals surface area contributed by atoms with Crippen molar-refractivity contribution in [1.29, 1.82) is 0 Å². The monoisotopic (exact) mass is 261 g/mol. The van der Waals surface area contributed by atoms with Crippen molar-refractivity contribution < 1.29 is 24.2 Å². The van der Waals surface area contributed by atoms with E-state index in [9.17, 15) is 14.4 Å². The number of nitrogens with zero attached hydrogens (tertiary/aromatic N) is 1. The van der Waals surface area contributed by atoms with Gasteiger partial charge in [0.05, 0.1) is 13.2 Å². The summed E-state index contributed by atoms with van der Waals surface area (Å²) in [5.74, 6) is -1.69. The molecule has 18 heavy (non-hydrogen) atoms. The van der Waals surface area contributed by atoms with E-state index in [1.54, 1.807) is 7.05 Å². The number of likely N-dealkylation sites (N-methyl/N-ethyl adjacent to an activating group) is 1. The average molecular weight is 261 g/mol. The molecule has 0 aliphatic carbocycles. The number of aliphatic carboxylic acids is 1. The number of carbonyl (C=O) groups excluding carboxylic acids is 2. The third-order valence-corrected chi connectivity index (χ3v) is 1.96. The molecule has 0 saturated heterocycles. The van der Waals surface area contributed by atoms with Gasteiger partial charge in [0.15, 0.2) is 0 Å². The molecular formula is C10H19N3O5. The summed E-state index contributed by atoms with van der Waals surface area (Å²) in [4.78, 5) is 34.1. The van der Waals surface area contributed by atoms with Gasteiger partial charge in [0, 0.05) is 20.2 Å². The number of rotatable bonds is 8. The molecule has 0 spiro atoms. The van der Waals surface area contributed by atoms with Gasteiger partial charge in [0.2, 0.25) is 5.91 Å². The zero-order valence-corrected chi connectivity index (χ0v) is 10.6. The quantitative estimate of drug-likeness (QED) is 0.479. The molecule has 0 aromatic carbocycles. The lowest BCUT2D eigenvalue weighted by molar-refractivity contribution is -0.137. The van der Waals surface area contributed by atoms with Crippen molar-refractivity contribution in [2.75, 3.05) is 39.9 Å². The van der Waals surface area contributed by atoms with Crippen molar-refractivity contribution in [1.82, 2.24) is 15.5 Å². The van der Waals surface area contributed by atoms with Crippen molar-refractivity contribution in [3.63, 3.8) is 0 Å². The van der Waals surface area contributed by atoms with Gasteiger partial charge in [-0.15, -0.1) is 0 Å². The number of carboxylic acid groups (broad SMARTS) is 1. The molecule has 0 heterocycles. The number of carboxylic acids is 1. The maximum Gasteiger partial charge on any atom is 0.322 e. The molecule has 3 amide bonds. The molecule has 0 unspecified atom stereocenters. The summed E-state index contributed by atoms with van der Waals surface area (Å²) >= 11 is 0. The normalized spacial score (nSPS) is 9.67. The first-order valence-electron chi connectivity index (χ1n) is 5.52. The Kier molecular flexibility index (Phi) is 8.29. The summed E-state index contributed by atoms with van der Waals surface area (Å²) in [5, 5.41) is 12.8. The maximum absolute atomic E-state index is 11.4. The van der Waals surface area contributed by atoms with Crippen LogP contribution in [-0.4, -0.2) is 67.8 Å². The minimum absolute atomic E-state index is 0.259. The molecule has 0 saturated carbocycles.